The molecule has 1 N–H and O–H groups in total. The molecule has 1 aliphatic carbocycles. The number of benzene rings is 1. The van der Waals surface area contributed by atoms with Crippen LogP contribution >= 0.6 is 0 Å². The lowest BCUT2D eigenvalue weighted by Gasteiger charge is -2.31. The number of hydrogen-bond acceptors (Lipinski definition) is 2. The summed E-state index contributed by atoms with van der Waals surface area (Å²) >= 11 is 0. The van der Waals surface area contributed by atoms with Crippen LogP contribution in [0.2, 0.25) is 0 Å². The summed E-state index contributed by atoms with van der Waals surface area (Å²) in [7, 11) is 0. The van der Waals surface area contributed by atoms with E-state index >= 15 is 0 Å². The zero-order valence-electron chi connectivity index (χ0n) is 10.8. The molecule has 0 radical (unpaired) electrons. The van der Waals surface area contributed by atoms with Gasteiger partial charge in [0.15, 0.2) is 0 Å². The third-order valence-electron chi connectivity index (χ3n) is 3.73. The average Bonchev–Trinajstić information content (AvgIpc) is 2.39. The van der Waals surface area contributed by atoms with Gasteiger partial charge in [0, 0.05) is 0 Å². The lowest BCUT2D eigenvalue weighted by Crippen LogP contribution is -2.29. The number of carboxylic acid groups (broad SMARTS) is 1. The van der Waals surface area contributed by atoms with Crippen LogP contribution in [0.5, 0.6) is 5.75 Å². The van der Waals surface area contributed by atoms with E-state index in [-0.39, 0.29) is 11.7 Å². The summed E-state index contributed by atoms with van der Waals surface area (Å²) in [5, 5.41) is 8.96. The summed E-state index contributed by atoms with van der Waals surface area (Å²) in [4.78, 5) is 10.9. The minimum atomic E-state index is -0.906. The number of aromatic carboxylic acids is 1. The molecule has 1 saturated carbocycles. The summed E-state index contributed by atoms with van der Waals surface area (Å²) in [6.45, 7) is 2.19. The van der Waals surface area contributed by atoms with Crippen molar-refractivity contribution in [3.63, 3.8) is 0 Å². The first-order chi connectivity index (χ1) is 8.70. The molecule has 0 saturated heterocycles. The van der Waals surface area contributed by atoms with Crippen LogP contribution in [0.4, 0.5) is 0 Å². The van der Waals surface area contributed by atoms with Crippen molar-refractivity contribution in [1.82, 2.24) is 0 Å². The number of ether oxygens (including phenoxy) is 1. The van der Waals surface area contributed by atoms with Gasteiger partial charge in [0.1, 0.15) is 11.9 Å². The van der Waals surface area contributed by atoms with Crippen LogP contribution in [0, 0.1) is 5.92 Å². The van der Waals surface area contributed by atoms with Crippen molar-refractivity contribution < 1.29 is 14.6 Å². The Morgan fingerprint density at radius 3 is 2.89 bits per heavy atom. The predicted octanol–water partition coefficient (Wildman–Crippen LogP) is 3.73. The molecule has 3 nitrogen and oxygen atoms in total. The molecule has 0 aromatic heterocycles. The maximum absolute atomic E-state index is 10.9. The second kappa shape index (κ2) is 5.89. The highest BCUT2D eigenvalue weighted by Gasteiger charge is 2.25. The minimum absolute atomic E-state index is 0.243. The Balaban J connectivity index is 2.07. The maximum atomic E-state index is 10.9. The summed E-state index contributed by atoms with van der Waals surface area (Å²) < 4.78 is 5.99. The maximum Gasteiger partial charge on any atom is 0.335 e. The van der Waals surface area contributed by atoms with Crippen LogP contribution in [-0.4, -0.2) is 17.2 Å². The first kappa shape index (κ1) is 12.9. The van der Waals surface area contributed by atoms with Crippen molar-refractivity contribution in [2.24, 2.45) is 5.92 Å². The Morgan fingerprint density at radius 2 is 2.17 bits per heavy atom. The Bertz CT molecular complexity index is 414. The van der Waals surface area contributed by atoms with E-state index in [1.165, 1.54) is 19.3 Å². The van der Waals surface area contributed by atoms with E-state index in [9.17, 15) is 4.79 Å². The Morgan fingerprint density at radius 1 is 1.39 bits per heavy atom. The molecule has 98 valence electrons. The van der Waals surface area contributed by atoms with Crippen LogP contribution in [0.15, 0.2) is 24.3 Å². The molecule has 18 heavy (non-hydrogen) atoms. The van der Waals surface area contributed by atoms with E-state index < -0.39 is 5.97 Å². The van der Waals surface area contributed by atoms with Crippen LogP contribution < -0.4 is 4.74 Å². The van der Waals surface area contributed by atoms with Crippen molar-refractivity contribution in [3.8, 4) is 5.75 Å². The standard InChI is InChI=1S/C15H20O3/c1-2-11-6-3-4-9-14(11)18-13-8-5-7-12(10-13)15(16)17/h5,7-8,10-11,14H,2-4,6,9H2,1H3,(H,16,17). The zero-order chi connectivity index (χ0) is 13.0. The zero-order valence-corrected chi connectivity index (χ0v) is 10.8. The third kappa shape index (κ3) is 3.03. The van der Waals surface area contributed by atoms with Gasteiger partial charge in [-0.05, 0) is 49.8 Å². The molecule has 1 fully saturated rings. The molecule has 3 heteroatoms. The fraction of sp³-hybridized carbons (Fsp3) is 0.533. The molecular formula is C15H20O3. The third-order valence-corrected chi connectivity index (χ3v) is 3.73. The molecule has 0 amide bonds. The Kier molecular flexibility index (Phi) is 4.24. The van der Waals surface area contributed by atoms with Gasteiger partial charge in [0.05, 0.1) is 5.56 Å². The van der Waals surface area contributed by atoms with Gasteiger partial charge in [-0.2, -0.15) is 0 Å². The van der Waals surface area contributed by atoms with E-state index in [1.54, 1.807) is 18.2 Å². The fourth-order valence-corrected chi connectivity index (χ4v) is 2.67. The second-order valence-corrected chi connectivity index (χ2v) is 4.94. The summed E-state index contributed by atoms with van der Waals surface area (Å²) in [5.41, 5.74) is 0.288. The van der Waals surface area contributed by atoms with Gasteiger partial charge >= 0.3 is 5.97 Å². The monoisotopic (exact) mass is 248 g/mol. The Labute approximate surface area is 108 Å². The first-order valence-electron chi connectivity index (χ1n) is 6.70. The summed E-state index contributed by atoms with van der Waals surface area (Å²) in [6.07, 6.45) is 6.17. The lowest BCUT2D eigenvalue weighted by atomic mass is 9.85. The molecule has 0 spiro atoms. The van der Waals surface area contributed by atoms with Crippen molar-refractivity contribution in [3.05, 3.63) is 29.8 Å². The highest BCUT2D eigenvalue weighted by atomic mass is 16.5. The van der Waals surface area contributed by atoms with Crippen molar-refractivity contribution in [2.45, 2.75) is 45.1 Å². The van der Waals surface area contributed by atoms with Crippen molar-refractivity contribution in [2.75, 3.05) is 0 Å². The van der Waals surface area contributed by atoms with Crippen LogP contribution in [0.1, 0.15) is 49.4 Å². The van der Waals surface area contributed by atoms with E-state index in [0.29, 0.717) is 11.7 Å². The van der Waals surface area contributed by atoms with Gasteiger partial charge in [-0.25, -0.2) is 4.79 Å². The molecule has 1 aromatic rings. The predicted molar refractivity (Wildman–Crippen MR) is 70.1 cm³/mol. The smallest absolute Gasteiger partial charge is 0.335 e. The molecule has 0 aliphatic heterocycles. The number of rotatable bonds is 4. The van der Waals surface area contributed by atoms with Gasteiger partial charge in [-0.1, -0.05) is 19.4 Å². The molecule has 0 heterocycles. The van der Waals surface area contributed by atoms with Gasteiger partial charge < -0.3 is 9.84 Å². The van der Waals surface area contributed by atoms with Gasteiger partial charge in [0.2, 0.25) is 0 Å². The minimum Gasteiger partial charge on any atom is -0.490 e. The number of carboxylic acids is 1. The van der Waals surface area contributed by atoms with Crippen molar-refractivity contribution in [1.29, 1.82) is 0 Å². The van der Waals surface area contributed by atoms with Gasteiger partial charge in [0.25, 0.3) is 0 Å². The normalized spacial score (nSPS) is 23.6. The molecule has 1 aliphatic rings. The molecule has 2 atom stereocenters. The van der Waals surface area contributed by atoms with Crippen LogP contribution in [0.3, 0.4) is 0 Å². The lowest BCUT2D eigenvalue weighted by molar-refractivity contribution is 0.0693. The highest BCUT2D eigenvalue weighted by molar-refractivity contribution is 5.87. The second-order valence-electron chi connectivity index (χ2n) is 4.94. The van der Waals surface area contributed by atoms with Gasteiger partial charge in [-0.3, -0.25) is 0 Å². The summed E-state index contributed by atoms with van der Waals surface area (Å²) in [5.74, 6) is 0.378. The summed E-state index contributed by atoms with van der Waals surface area (Å²) in [6, 6.07) is 6.79. The van der Waals surface area contributed by atoms with E-state index in [2.05, 4.69) is 6.92 Å². The molecule has 2 unspecified atom stereocenters. The fourth-order valence-electron chi connectivity index (χ4n) is 2.67. The largest absolute Gasteiger partial charge is 0.490 e. The van der Waals surface area contributed by atoms with E-state index in [1.807, 2.05) is 6.07 Å². The molecule has 0 bridgehead atoms. The van der Waals surface area contributed by atoms with Crippen LogP contribution in [0.25, 0.3) is 0 Å². The van der Waals surface area contributed by atoms with Crippen molar-refractivity contribution >= 4 is 5.97 Å². The quantitative estimate of drug-likeness (QED) is 0.883. The molecule has 1 aromatic carbocycles. The SMILES string of the molecule is CCC1CCCCC1Oc1cccc(C(=O)O)c1. The van der Waals surface area contributed by atoms with E-state index in [0.717, 1.165) is 12.8 Å². The van der Waals surface area contributed by atoms with Gasteiger partial charge in [-0.15, -0.1) is 0 Å². The first-order valence-corrected chi connectivity index (χ1v) is 6.70. The Hall–Kier alpha value is -1.51. The molecular weight excluding hydrogens is 228 g/mol. The van der Waals surface area contributed by atoms with Crippen LogP contribution in [-0.2, 0) is 0 Å². The number of hydrogen-bond donors (Lipinski definition) is 1. The topological polar surface area (TPSA) is 46.5 Å². The number of carbonyl (C=O) groups is 1. The van der Waals surface area contributed by atoms with E-state index in [4.69, 9.17) is 9.84 Å². The average molecular weight is 248 g/mol. The highest BCUT2D eigenvalue weighted by Crippen LogP contribution is 2.30. The molecule has 2 rings (SSSR count).